The minimum absolute atomic E-state index is 0.0405. The van der Waals surface area contributed by atoms with Crippen LogP contribution >= 0.6 is 0 Å². The van der Waals surface area contributed by atoms with Gasteiger partial charge in [0.2, 0.25) is 17.7 Å². The van der Waals surface area contributed by atoms with Crippen LogP contribution in [0, 0.1) is 11.8 Å². The number of hydrogen-bond acceptors (Lipinski definition) is 3. The van der Waals surface area contributed by atoms with Gasteiger partial charge in [0, 0.05) is 42.4 Å². The average molecular weight is 411 g/mol. The molecule has 2 aromatic rings. The van der Waals surface area contributed by atoms with Crippen molar-refractivity contribution in [1.82, 2.24) is 15.6 Å². The van der Waals surface area contributed by atoms with Crippen molar-refractivity contribution in [2.24, 2.45) is 17.6 Å². The summed E-state index contributed by atoms with van der Waals surface area (Å²) in [6.07, 6.45) is 5.08. The minimum Gasteiger partial charge on any atom is -0.369 e. The van der Waals surface area contributed by atoms with Crippen molar-refractivity contribution < 1.29 is 14.4 Å². The van der Waals surface area contributed by atoms with Crippen molar-refractivity contribution in [2.75, 3.05) is 6.54 Å². The van der Waals surface area contributed by atoms with Crippen LogP contribution in [-0.2, 0) is 27.2 Å². The van der Waals surface area contributed by atoms with E-state index in [1.54, 1.807) is 0 Å². The van der Waals surface area contributed by atoms with Gasteiger partial charge >= 0.3 is 0 Å². The van der Waals surface area contributed by atoms with Gasteiger partial charge in [0.15, 0.2) is 0 Å². The Morgan fingerprint density at radius 1 is 1.17 bits per heavy atom. The van der Waals surface area contributed by atoms with Crippen LogP contribution in [0.25, 0.3) is 10.9 Å². The van der Waals surface area contributed by atoms with E-state index < -0.39 is 5.54 Å². The molecule has 0 spiro atoms. The molecule has 7 heteroatoms. The van der Waals surface area contributed by atoms with E-state index in [0.29, 0.717) is 31.7 Å². The number of aromatic nitrogens is 1. The third-order valence-corrected chi connectivity index (χ3v) is 6.83. The largest absolute Gasteiger partial charge is 0.369 e. The zero-order valence-electron chi connectivity index (χ0n) is 17.4. The zero-order chi connectivity index (χ0) is 21.3. The number of fused-ring (bicyclic) bond motifs is 3. The Hall–Kier alpha value is -2.83. The van der Waals surface area contributed by atoms with Crippen LogP contribution in [-0.4, -0.2) is 34.8 Å². The molecule has 1 fully saturated rings. The van der Waals surface area contributed by atoms with Crippen molar-refractivity contribution in [3.05, 3.63) is 35.5 Å². The molecule has 4 rings (SSSR count). The third-order valence-electron chi connectivity index (χ3n) is 6.83. The predicted octanol–water partition coefficient (Wildman–Crippen LogP) is 1.94. The Labute approximate surface area is 176 Å². The predicted molar refractivity (Wildman–Crippen MR) is 115 cm³/mol. The molecule has 3 amide bonds. The number of primary amides is 1. The highest BCUT2D eigenvalue weighted by molar-refractivity contribution is 5.93. The molecule has 0 saturated heterocycles. The van der Waals surface area contributed by atoms with Crippen LogP contribution in [0.15, 0.2) is 24.3 Å². The number of hydrogen-bond donors (Lipinski definition) is 4. The summed E-state index contributed by atoms with van der Waals surface area (Å²) in [6.45, 7) is 2.03. The van der Waals surface area contributed by atoms with Crippen LogP contribution in [0.4, 0.5) is 0 Å². The van der Waals surface area contributed by atoms with Gasteiger partial charge in [-0.1, -0.05) is 18.2 Å². The molecule has 1 saturated carbocycles. The number of nitrogens with one attached hydrogen (secondary N) is 3. The van der Waals surface area contributed by atoms with E-state index in [-0.39, 0.29) is 23.6 Å². The molecule has 1 atom stereocenters. The van der Waals surface area contributed by atoms with E-state index in [9.17, 15) is 14.4 Å². The SMILES string of the molecule is CC(=O)N[C@@]1(C(=O)NCC2CCC(C(N)=O)CC2)CCc2[nH]c3ccccc3c2C1. The fourth-order valence-corrected chi connectivity index (χ4v) is 5.15. The van der Waals surface area contributed by atoms with Gasteiger partial charge in [0.25, 0.3) is 0 Å². The topological polar surface area (TPSA) is 117 Å². The second-order valence-corrected chi connectivity index (χ2v) is 8.90. The highest BCUT2D eigenvalue weighted by atomic mass is 16.2. The second kappa shape index (κ2) is 8.13. The van der Waals surface area contributed by atoms with Crippen LogP contribution in [0.3, 0.4) is 0 Å². The first-order valence-electron chi connectivity index (χ1n) is 10.8. The van der Waals surface area contributed by atoms with E-state index in [1.165, 1.54) is 6.92 Å². The number of rotatable bonds is 5. The number of carbonyl (C=O) groups is 3. The summed E-state index contributed by atoms with van der Waals surface area (Å²) in [5.74, 6) is -0.243. The summed E-state index contributed by atoms with van der Waals surface area (Å²) in [5, 5.41) is 7.19. The molecular weight excluding hydrogens is 380 g/mol. The van der Waals surface area contributed by atoms with Gasteiger partial charge in [0.05, 0.1) is 0 Å². The summed E-state index contributed by atoms with van der Waals surface area (Å²) >= 11 is 0. The summed E-state index contributed by atoms with van der Waals surface area (Å²) in [4.78, 5) is 40.1. The minimum atomic E-state index is -0.936. The summed E-state index contributed by atoms with van der Waals surface area (Å²) in [7, 11) is 0. The molecule has 2 aliphatic rings. The summed E-state index contributed by atoms with van der Waals surface area (Å²) in [5.41, 5.74) is 7.80. The molecule has 1 aromatic heterocycles. The first-order valence-corrected chi connectivity index (χ1v) is 10.8. The maximum atomic E-state index is 13.3. The Kier molecular flexibility index (Phi) is 5.54. The number of carbonyl (C=O) groups excluding carboxylic acids is 3. The van der Waals surface area contributed by atoms with Gasteiger partial charge in [0.1, 0.15) is 5.54 Å². The molecule has 1 heterocycles. The Bertz CT molecular complexity index is 974. The molecule has 0 unspecified atom stereocenters. The Morgan fingerprint density at radius 3 is 2.60 bits per heavy atom. The van der Waals surface area contributed by atoms with Crippen LogP contribution in [0.1, 0.15) is 50.3 Å². The van der Waals surface area contributed by atoms with E-state index >= 15 is 0 Å². The van der Waals surface area contributed by atoms with Crippen molar-refractivity contribution in [2.45, 2.75) is 57.4 Å². The van der Waals surface area contributed by atoms with E-state index in [2.05, 4.69) is 21.7 Å². The molecular formula is C23H30N4O3. The number of aromatic amines is 1. The molecule has 0 radical (unpaired) electrons. The average Bonchev–Trinajstić information content (AvgIpc) is 3.09. The lowest BCUT2D eigenvalue weighted by molar-refractivity contribution is -0.133. The first kappa shape index (κ1) is 20.4. The lowest BCUT2D eigenvalue weighted by atomic mass is 9.78. The van der Waals surface area contributed by atoms with Crippen molar-refractivity contribution in [1.29, 1.82) is 0 Å². The van der Waals surface area contributed by atoms with Crippen molar-refractivity contribution in [3.63, 3.8) is 0 Å². The fourth-order valence-electron chi connectivity index (χ4n) is 5.15. The molecule has 1 aromatic carbocycles. The highest BCUT2D eigenvalue weighted by Gasteiger charge is 2.43. The standard InChI is InChI=1S/C23H30N4O3/c1-14(28)27-23(22(30)25-13-15-6-8-16(9-7-15)21(24)29)11-10-20-18(12-23)17-4-2-3-5-19(17)26-20/h2-5,15-16,26H,6-13H2,1H3,(H2,24,29)(H,25,30)(H,27,28)/t15?,16?,23-/m0/s1. The number of aryl methyl sites for hydroxylation is 1. The molecule has 5 N–H and O–H groups in total. The normalized spacial score (nSPS) is 26.0. The van der Waals surface area contributed by atoms with Crippen LogP contribution in [0.5, 0.6) is 0 Å². The smallest absolute Gasteiger partial charge is 0.246 e. The Balaban J connectivity index is 1.48. The molecule has 2 aliphatic carbocycles. The third kappa shape index (κ3) is 3.93. The van der Waals surface area contributed by atoms with E-state index in [0.717, 1.165) is 47.8 Å². The van der Waals surface area contributed by atoms with Gasteiger partial charge < -0.3 is 21.4 Å². The molecule has 160 valence electrons. The maximum Gasteiger partial charge on any atom is 0.246 e. The molecule has 0 bridgehead atoms. The fraction of sp³-hybridized carbons (Fsp3) is 0.522. The highest BCUT2D eigenvalue weighted by Crippen LogP contribution is 2.34. The van der Waals surface area contributed by atoms with Gasteiger partial charge in [-0.2, -0.15) is 0 Å². The first-order chi connectivity index (χ1) is 14.4. The van der Waals surface area contributed by atoms with Gasteiger partial charge in [-0.3, -0.25) is 14.4 Å². The van der Waals surface area contributed by atoms with Gasteiger partial charge in [-0.25, -0.2) is 0 Å². The quantitative estimate of drug-likeness (QED) is 0.603. The number of nitrogens with two attached hydrogens (primary N) is 1. The lowest BCUT2D eigenvalue weighted by Gasteiger charge is -2.37. The number of H-pyrrole nitrogens is 1. The van der Waals surface area contributed by atoms with E-state index in [1.807, 2.05) is 18.2 Å². The van der Waals surface area contributed by atoms with Crippen LogP contribution < -0.4 is 16.4 Å². The van der Waals surface area contributed by atoms with Crippen molar-refractivity contribution >= 4 is 28.6 Å². The Morgan fingerprint density at radius 2 is 1.90 bits per heavy atom. The number of benzene rings is 1. The maximum absolute atomic E-state index is 13.3. The van der Waals surface area contributed by atoms with Gasteiger partial charge in [-0.05, 0) is 56.1 Å². The zero-order valence-corrected chi connectivity index (χ0v) is 17.4. The van der Waals surface area contributed by atoms with E-state index in [4.69, 9.17) is 5.73 Å². The molecule has 0 aliphatic heterocycles. The van der Waals surface area contributed by atoms with Crippen molar-refractivity contribution in [3.8, 4) is 0 Å². The number of amides is 3. The van der Waals surface area contributed by atoms with Gasteiger partial charge in [-0.15, -0.1) is 0 Å². The monoisotopic (exact) mass is 410 g/mol. The second-order valence-electron chi connectivity index (χ2n) is 8.90. The molecule has 7 nitrogen and oxygen atoms in total. The summed E-state index contributed by atoms with van der Waals surface area (Å²) in [6, 6.07) is 8.08. The summed E-state index contributed by atoms with van der Waals surface area (Å²) < 4.78 is 0. The lowest BCUT2D eigenvalue weighted by Crippen LogP contribution is -2.61. The van der Waals surface area contributed by atoms with Crippen LogP contribution in [0.2, 0.25) is 0 Å². The molecule has 30 heavy (non-hydrogen) atoms. The number of para-hydroxylation sites is 1.